The largest absolute Gasteiger partial charge is 0.496 e. The van der Waals surface area contributed by atoms with Gasteiger partial charge < -0.3 is 18.9 Å². The number of ether oxygens (including phenoxy) is 4. The summed E-state index contributed by atoms with van der Waals surface area (Å²) in [5.74, 6) is 0.810. The minimum atomic E-state index is -0.749. The molecule has 0 heterocycles. The minimum absolute atomic E-state index is 0.270. The van der Waals surface area contributed by atoms with Crippen LogP contribution in [-0.2, 0) is 22.4 Å². The highest BCUT2D eigenvalue weighted by Crippen LogP contribution is 2.46. The van der Waals surface area contributed by atoms with Crippen molar-refractivity contribution in [2.75, 3.05) is 14.2 Å². The third kappa shape index (κ3) is 7.96. The van der Waals surface area contributed by atoms with Gasteiger partial charge in [-0.1, -0.05) is 26.7 Å². The summed E-state index contributed by atoms with van der Waals surface area (Å²) in [4.78, 5) is 38.4. The lowest BCUT2D eigenvalue weighted by Gasteiger charge is -2.25. The maximum atomic E-state index is 13.2. The zero-order valence-corrected chi connectivity index (χ0v) is 25.7. The molecule has 40 heavy (non-hydrogen) atoms. The van der Waals surface area contributed by atoms with Crippen LogP contribution in [0, 0.1) is 10.8 Å². The van der Waals surface area contributed by atoms with E-state index in [0.717, 1.165) is 24.0 Å². The van der Waals surface area contributed by atoms with Gasteiger partial charge in [-0.05, 0) is 90.8 Å². The zero-order valence-electron chi connectivity index (χ0n) is 25.7. The number of benzene rings is 2. The van der Waals surface area contributed by atoms with Crippen LogP contribution in [0.5, 0.6) is 23.0 Å². The van der Waals surface area contributed by atoms with Crippen LogP contribution < -0.4 is 18.9 Å². The van der Waals surface area contributed by atoms with Gasteiger partial charge in [0.05, 0.1) is 30.6 Å². The zero-order chi connectivity index (χ0) is 30.3. The smallest absolute Gasteiger partial charge is 0.316 e. The van der Waals surface area contributed by atoms with Crippen molar-refractivity contribution < 1.29 is 33.3 Å². The summed E-state index contributed by atoms with van der Waals surface area (Å²) in [6, 6.07) is 6.39. The minimum Gasteiger partial charge on any atom is -0.496 e. The molecular formula is C33H44O7. The predicted molar refractivity (Wildman–Crippen MR) is 158 cm³/mol. The highest BCUT2D eigenvalue weighted by atomic mass is 16.5. The van der Waals surface area contributed by atoms with Gasteiger partial charge in [0.1, 0.15) is 23.0 Å². The predicted octanol–water partition coefficient (Wildman–Crippen LogP) is 7.41. The monoisotopic (exact) mass is 552 g/mol. The molecule has 0 unspecified atom stereocenters. The van der Waals surface area contributed by atoms with Gasteiger partial charge in [0, 0.05) is 16.7 Å². The maximum absolute atomic E-state index is 13.2. The fourth-order valence-corrected chi connectivity index (χ4v) is 3.97. The van der Waals surface area contributed by atoms with Crippen molar-refractivity contribution in [2.24, 2.45) is 10.8 Å². The Morgan fingerprint density at radius 3 is 1.62 bits per heavy atom. The molecule has 0 aromatic heterocycles. The van der Waals surface area contributed by atoms with E-state index in [1.807, 2.05) is 6.92 Å². The van der Waals surface area contributed by atoms with E-state index >= 15 is 0 Å². The molecule has 2 aromatic carbocycles. The first-order valence-electron chi connectivity index (χ1n) is 13.8. The van der Waals surface area contributed by atoms with Crippen molar-refractivity contribution >= 4 is 23.8 Å². The average Bonchev–Trinajstić information content (AvgIpc) is 2.88. The SMILES string of the molecule is CCCc1c(OC)c(C=CC(=O)c2ccc(OC(=O)C(C)(C)C)cc2)c(OC(=O)C(C)(C)C)c(CCC)c1OC. The molecule has 7 heteroatoms. The fourth-order valence-electron chi connectivity index (χ4n) is 3.97. The third-order valence-electron chi connectivity index (χ3n) is 6.16. The van der Waals surface area contributed by atoms with Crippen LogP contribution in [0.2, 0.25) is 0 Å². The number of methoxy groups -OCH3 is 2. The summed E-state index contributed by atoms with van der Waals surface area (Å²) in [5.41, 5.74) is 1.16. The Morgan fingerprint density at radius 2 is 1.18 bits per heavy atom. The highest BCUT2D eigenvalue weighted by Gasteiger charge is 2.30. The molecule has 0 saturated heterocycles. The Kier molecular flexibility index (Phi) is 11.1. The second kappa shape index (κ2) is 13.6. The topological polar surface area (TPSA) is 88.1 Å². The van der Waals surface area contributed by atoms with Crippen molar-refractivity contribution in [3.8, 4) is 23.0 Å². The Balaban J connectivity index is 2.62. The molecule has 0 amide bonds. The van der Waals surface area contributed by atoms with Crippen molar-refractivity contribution in [1.29, 1.82) is 0 Å². The number of carbonyl (C=O) groups is 3. The van der Waals surface area contributed by atoms with E-state index in [4.69, 9.17) is 18.9 Å². The molecule has 0 fully saturated rings. The molecule has 0 aliphatic rings. The Morgan fingerprint density at radius 1 is 0.700 bits per heavy atom. The quantitative estimate of drug-likeness (QED) is 0.124. The van der Waals surface area contributed by atoms with Crippen LogP contribution in [0.4, 0.5) is 0 Å². The second-order valence-electron chi connectivity index (χ2n) is 11.8. The standard InChI is InChI=1S/C33H44O7/c1-11-13-23-27(37-9)24(14-12-2)29(40-31(36)33(6,7)8)25(28(23)38-10)19-20-26(34)21-15-17-22(18-16-21)39-30(35)32(3,4)5/h15-20H,11-14H2,1-10H3. The molecule has 0 spiro atoms. The van der Waals surface area contributed by atoms with Crippen molar-refractivity contribution in [3.63, 3.8) is 0 Å². The van der Waals surface area contributed by atoms with Crippen LogP contribution in [-0.4, -0.2) is 31.9 Å². The van der Waals surface area contributed by atoms with Crippen molar-refractivity contribution in [3.05, 3.63) is 52.6 Å². The van der Waals surface area contributed by atoms with E-state index in [-0.39, 0.29) is 11.8 Å². The van der Waals surface area contributed by atoms with Gasteiger partial charge in [-0.25, -0.2) is 0 Å². The fraction of sp³-hybridized carbons (Fsp3) is 0.485. The van der Waals surface area contributed by atoms with Crippen LogP contribution in [0.3, 0.4) is 0 Å². The number of hydrogen-bond donors (Lipinski definition) is 0. The first-order valence-corrected chi connectivity index (χ1v) is 13.8. The summed E-state index contributed by atoms with van der Waals surface area (Å²) in [7, 11) is 3.16. The van der Waals surface area contributed by atoms with Crippen LogP contribution in [0.1, 0.15) is 95.3 Å². The van der Waals surface area contributed by atoms with E-state index in [0.29, 0.717) is 47.0 Å². The molecule has 0 bridgehead atoms. The second-order valence-corrected chi connectivity index (χ2v) is 11.8. The molecule has 2 rings (SSSR count). The molecule has 0 N–H and O–H groups in total. The van der Waals surface area contributed by atoms with Gasteiger partial charge in [-0.3, -0.25) is 14.4 Å². The number of ketones is 1. The lowest BCUT2D eigenvalue weighted by atomic mass is 9.93. The molecule has 7 nitrogen and oxygen atoms in total. The summed E-state index contributed by atoms with van der Waals surface area (Å²) < 4.78 is 23.1. The van der Waals surface area contributed by atoms with Gasteiger partial charge in [0.2, 0.25) is 0 Å². The van der Waals surface area contributed by atoms with E-state index in [1.54, 1.807) is 86.1 Å². The number of rotatable bonds is 11. The van der Waals surface area contributed by atoms with Gasteiger partial charge in [-0.2, -0.15) is 0 Å². The van der Waals surface area contributed by atoms with Crippen LogP contribution in [0.25, 0.3) is 6.08 Å². The third-order valence-corrected chi connectivity index (χ3v) is 6.16. The summed E-state index contributed by atoms with van der Waals surface area (Å²) in [5, 5.41) is 0. The maximum Gasteiger partial charge on any atom is 0.316 e. The van der Waals surface area contributed by atoms with E-state index in [1.165, 1.54) is 6.08 Å². The van der Waals surface area contributed by atoms with Gasteiger partial charge >= 0.3 is 11.9 Å². The molecule has 0 radical (unpaired) electrons. The molecule has 218 valence electrons. The van der Waals surface area contributed by atoms with Crippen molar-refractivity contribution in [2.45, 2.75) is 81.1 Å². The van der Waals surface area contributed by atoms with E-state index < -0.39 is 16.8 Å². The van der Waals surface area contributed by atoms with Gasteiger partial charge in [0.25, 0.3) is 0 Å². The Hall–Kier alpha value is -3.61. The lowest BCUT2D eigenvalue weighted by molar-refractivity contribution is -0.143. The molecular weight excluding hydrogens is 508 g/mol. The summed E-state index contributed by atoms with van der Waals surface area (Å²) in [6.45, 7) is 14.8. The molecule has 0 saturated carbocycles. The van der Waals surface area contributed by atoms with E-state index in [9.17, 15) is 14.4 Å². The molecule has 0 atom stereocenters. The number of hydrogen-bond acceptors (Lipinski definition) is 7. The number of allylic oxidation sites excluding steroid dienone is 1. The van der Waals surface area contributed by atoms with Crippen LogP contribution >= 0.6 is 0 Å². The normalized spacial score (nSPS) is 11.8. The first kappa shape index (κ1) is 32.6. The number of carbonyl (C=O) groups excluding carboxylic acids is 3. The molecule has 0 aliphatic carbocycles. The summed E-state index contributed by atoms with van der Waals surface area (Å²) in [6.07, 6.45) is 5.99. The van der Waals surface area contributed by atoms with E-state index in [2.05, 4.69) is 6.92 Å². The summed E-state index contributed by atoms with van der Waals surface area (Å²) >= 11 is 0. The molecule has 2 aromatic rings. The first-order chi connectivity index (χ1) is 18.7. The number of esters is 2. The van der Waals surface area contributed by atoms with Gasteiger partial charge in [0.15, 0.2) is 5.78 Å². The Bertz CT molecular complexity index is 1240. The van der Waals surface area contributed by atoms with Gasteiger partial charge in [-0.15, -0.1) is 0 Å². The average molecular weight is 553 g/mol. The lowest BCUT2D eigenvalue weighted by Crippen LogP contribution is -2.26. The Labute approximate surface area is 238 Å². The highest BCUT2D eigenvalue weighted by molar-refractivity contribution is 6.07. The van der Waals surface area contributed by atoms with Crippen molar-refractivity contribution in [1.82, 2.24) is 0 Å². The van der Waals surface area contributed by atoms with Crippen LogP contribution in [0.15, 0.2) is 30.3 Å². The molecule has 0 aliphatic heterocycles.